The molecule has 1 aliphatic heterocycles. The Morgan fingerprint density at radius 1 is 1.32 bits per heavy atom. The fourth-order valence-corrected chi connectivity index (χ4v) is 3.12. The molecule has 0 saturated carbocycles. The number of aromatic nitrogens is 3. The van der Waals surface area contributed by atoms with Crippen LogP contribution in [-0.2, 0) is 0 Å². The Kier molecular flexibility index (Phi) is 7.39. The first-order valence-electron chi connectivity index (χ1n) is 8.61. The molecule has 2 heterocycles. The highest BCUT2D eigenvalue weighted by molar-refractivity contribution is 5.94. The van der Waals surface area contributed by atoms with E-state index in [1.54, 1.807) is 29.8 Å². The number of nitrogens with zero attached hydrogens (tertiary/aromatic N) is 4. The van der Waals surface area contributed by atoms with E-state index in [0.717, 1.165) is 11.3 Å². The second kappa shape index (κ2) is 9.35. The molecule has 0 spiro atoms. The van der Waals surface area contributed by atoms with Crippen LogP contribution in [0.2, 0.25) is 0 Å². The molecule has 1 aromatic carbocycles. The van der Waals surface area contributed by atoms with E-state index in [1.165, 1.54) is 17.6 Å². The highest BCUT2D eigenvalue weighted by atomic mass is 35.5. The molecule has 1 aliphatic rings. The standard InChI is InChI=1S/C17H21F3N6O.ClH/c1-12-8-13(2-3-14(12)26-11-22-10-24-26)16(27)23-9-15(17(18,19)20)25-6-4-21-5-7-25;/h2-3,8,10-11,15,21H,4-7,9H2,1H3,(H,23,27);1H. The van der Waals surface area contributed by atoms with Crippen LogP contribution in [0.4, 0.5) is 13.2 Å². The Morgan fingerprint density at radius 2 is 2.04 bits per heavy atom. The number of aryl methyl sites for hydroxylation is 1. The van der Waals surface area contributed by atoms with Crippen molar-refractivity contribution < 1.29 is 18.0 Å². The largest absolute Gasteiger partial charge is 0.405 e. The van der Waals surface area contributed by atoms with Crippen LogP contribution in [-0.4, -0.2) is 70.5 Å². The molecule has 3 rings (SSSR count). The lowest BCUT2D eigenvalue weighted by Gasteiger charge is -2.35. The molecular weight excluding hydrogens is 397 g/mol. The van der Waals surface area contributed by atoms with Crippen molar-refractivity contribution in [3.05, 3.63) is 42.0 Å². The first-order chi connectivity index (χ1) is 12.9. The maximum Gasteiger partial charge on any atom is 0.405 e. The summed E-state index contributed by atoms with van der Waals surface area (Å²) in [5.41, 5.74) is 1.82. The molecular formula is C17H22ClF3N6O. The SMILES string of the molecule is Cc1cc(C(=O)NCC(N2CCNCC2)C(F)(F)F)ccc1-n1cncn1.Cl. The highest BCUT2D eigenvalue weighted by Crippen LogP contribution is 2.25. The lowest BCUT2D eigenvalue weighted by molar-refractivity contribution is -0.183. The first kappa shape index (κ1) is 22.1. The fraction of sp³-hybridized carbons (Fsp3) is 0.471. The maximum absolute atomic E-state index is 13.4. The third kappa shape index (κ3) is 5.21. The predicted molar refractivity (Wildman–Crippen MR) is 100.0 cm³/mol. The zero-order chi connectivity index (χ0) is 19.4. The molecule has 11 heteroatoms. The maximum atomic E-state index is 13.4. The van der Waals surface area contributed by atoms with Gasteiger partial charge < -0.3 is 10.6 Å². The van der Waals surface area contributed by atoms with Crippen molar-refractivity contribution in [1.82, 2.24) is 30.3 Å². The van der Waals surface area contributed by atoms with E-state index in [9.17, 15) is 18.0 Å². The van der Waals surface area contributed by atoms with Crippen LogP contribution >= 0.6 is 12.4 Å². The van der Waals surface area contributed by atoms with Crippen LogP contribution in [0, 0.1) is 6.92 Å². The van der Waals surface area contributed by atoms with Gasteiger partial charge in [-0.15, -0.1) is 12.4 Å². The van der Waals surface area contributed by atoms with E-state index in [0.29, 0.717) is 31.7 Å². The molecule has 1 saturated heterocycles. The van der Waals surface area contributed by atoms with Gasteiger partial charge in [0.05, 0.1) is 5.69 Å². The van der Waals surface area contributed by atoms with Crippen molar-refractivity contribution in [3.63, 3.8) is 0 Å². The molecule has 0 bridgehead atoms. The van der Waals surface area contributed by atoms with Gasteiger partial charge in [-0.25, -0.2) is 9.67 Å². The third-order valence-corrected chi connectivity index (χ3v) is 4.55. The van der Waals surface area contributed by atoms with Crippen molar-refractivity contribution >= 4 is 18.3 Å². The van der Waals surface area contributed by atoms with Crippen LogP contribution in [0.3, 0.4) is 0 Å². The lowest BCUT2D eigenvalue weighted by Crippen LogP contribution is -2.57. The number of halogens is 4. The molecule has 7 nitrogen and oxygen atoms in total. The van der Waals surface area contributed by atoms with Crippen molar-refractivity contribution in [2.24, 2.45) is 0 Å². The molecule has 28 heavy (non-hydrogen) atoms. The molecule has 1 aromatic heterocycles. The Hall–Kier alpha value is -2.17. The number of carbonyl (C=O) groups excluding carboxylic acids is 1. The number of amides is 1. The zero-order valence-electron chi connectivity index (χ0n) is 15.2. The predicted octanol–water partition coefficient (Wildman–Crippen LogP) is 1.56. The summed E-state index contributed by atoms with van der Waals surface area (Å²) in [6.45, 7) is 2.92. The van der Waals surface area contributed by atoms with Crippen molar-refractivity contribution in [2.45, 2.75) is 19.1 Å². The van der Waals surface area contributed by atoms with Crippen LogP contribution in [0.25, 0.3) is 5.69 Å². The topological polar surface area (TPSA) is 75.1 Å². The zero-order valence-corrected chi connectivity index (χ0v) is 16.1. The van der Waals surface area contributed by atoms with Crippen LogP contribution < -0.4 is 10.6 Å². The van der Waals surface area contributed by atoms with Crippen LogP contribution in [0.5, 0.6) is 0 Å². The molecule has 1 unspecified atom stereocenters. The number of alkyl halides is 3. The van der Waals surface area contributed by atoms with Gasteiger partial charge in [-0.05, 0) is 30.7 Å². The summed E-state index contributed by atoms with van der Waals surface area (Å²) in [6.07, 6.45) is -1.48. The minimum absolute atomic E-state index is 0. The minimum Gasteiger partial charge on any atom is -0.350 e. The van der Waals surface area contributed by atoms with Gasteiger partial charge in [0.1, 0.15) is 18.7 Å². The molecule has 0 aliphatic carbocycles. The highest BCUT2D eigenvalue weighted by Gasteiger charge is 2.43. The molecule has 0 radical (unpaired) electrons. The number of carbonyl (C=O) groups is 1. The van der Waals surface area contributed by atoms with Gasteiger partial charge in [0.15, 0.2) is 0 Å². The number of nitrogens with one attached hydrogen (secondary N) is 2. The van der Waals surface area contributed by atoms with Crippen molar-refractivity contribution in [1.29, 1.82) is 0 Å². The van der Waals surface area contributed by atoms with E-state index in [-0.39, 0.29) is 12.4 Å². The first-order valence-corrected chi connectivity index (χ1v) is 8.61. The van der Waals surface area contributed by atoms with Crippen molar-refractivity contribution in [2.75, 3.05) is 32.7 Å². The summed E-state index contributed by atoms with van der Waals surface area (Å²) in [6, 6.07) is 3.18. The fourth-order valence-electron chi connectivity index (χ4n) is 3.12. The van der Waals surface area contributed by atoms with E-state index in [2.05, 4.69) is 20.7 Å². The van der Waals surface area contributed by atoms with E-state index in [1.807, 2.05) is 0 Å². The van der Waals surface area contributed by atoms with Crippen LogP contribution in [0.15, 0.2) is 30.9 Å². The third-order valence-electron chi connectivity index (χ3n) is 4.55. The van der Waals surface area contributed by atoms with Gasteiger partial charge in [-0.3, -0.25) is 9.69 Å². The summed E-state index contributed by atoms with van der Waals surface area (Å²) in [4.78, 5) is 17.6. The minimum atomic E-state index is -4.41. The molecule has 2 aromatic rings. The summed E-state index contributed by atoms with van der Waals surface area (Å²) in [5, 5.41) is 9.48. The van der Waals surface area contributed by atoms with E-state index < -0.39 is 24.7 Å². The summed E-state index contributed by atoms with van der Waals surface area (Å²) in [5.74, 6) is -0.535. The van der Waals surface area contributed by atoms with Gasteiger partial charge in [-0.1, -0.05) is 0 Å². The van der Waals surface area contributed by atoms with Gasteiger partial charge in [0.2, 0.25) is 0 Å². The Morgan fingerprint density at radius 3 is 2.61 bits per heavy atom. The summed E-state index contributed by atoms with van der Waals surface area (Å²) in [7, 11) is 0. The second-order valence-electron chi connectivity index (χ2n) is 6.39. The van der Waals surface area contributed by atoms with Gasteiger partial charge in [0.25, 0.3) is 5.91 Å². The van der Waals surface area contributed by atoms with E-state index in [4.69, 9.17) is 0 Å². The van der Waals surface area contributed by atoms with Gasteiger partial charge in [0, 0.05) is 38.3 Å². The number of benzene rings is 1. The Labute approximate surface area is 166 Å². The number of hydrogen-bond acceptors (Lipinski definition) is 5. The summed E-state index contributed by atoms with van der Waals surface area (Å²) < 4.78 is 41.8. The molecule has 2 N–H and O–H groups in total. The van der Waals surface area contributed by atoms with Gasteiger partial charge >= 0.3 is 6.18 Å². The number of piperazine rings is 1. The monoisotopic (exact) mass is 418 g/mol. The summed E-state index contributed by atoms with van der Waals surface area (Å²) >= 11 is 0. The molecule has 1 amide bonds. The smallest absolute Gasteiger partial charge is 0.350 e. The number of rotatable bonds is 5. The lowest BCUT2D eigenvalue weighted by atomic mass is 10.1. The normalized spacial score (nSPS) is 16.3. The van der Waals surface area contributed by atoms with E-state index >= 15 is 0 Å². The average Bonchev–Trinajstić information content (AvgIpc) is 3.15. The molecule has 154 valence electrons. The molecule has 1 fully saturated rings. The quantitative estimate of drug-likeness (QED) is 0.771. The van der Waals surface area contributed by atoms with Gasteiger partial charge in [-0.2, -0.15) is 18.3 Å². The Bertz CT molecular complexity index is 778. The Balaban J connectivity index is 0.00000280. The van der Waals surface area contributed by atoms with Crippen molar-refractivity contribution in [3.8, 4) is 5.69 Å². The number of hydrogen-bond donors (Lipinski definition) is 2. The molecule has 1 atom stereocenters. The average molecular weight is 419 g/mol. The second-order valence-corrected chi connectivity index (χ2v) is 6.39. The van der Waals surface area contributed by atoms with Crippen LogP contribution in [0.1, 0.15) is 15.9 Å².